The molecule has 8 heteroatoms. The Hall–Kier alpha value is -2.58. The van der Waals surface area contributed by atoms with Gasteiger partial charge < -0.3 is 9.84 Å². The van der Waals surface area contributed by atoms with Gasteiger partial charge in [-0.3, -0.25) is 9.69 Å². The molecule has 0 radical (unpaired) electrons. The average Bonchev–Trinajstić information content (AvgIpc) is 3.46. The van der Waals surface area contributed by atoms with E-state index in [-0.39, 0.29) is 17.4 Å². The van der Waals surface area contributed by atoms with Crippen LogP contribution in [0.2, 0.25) is 0 Å². The van der Waals surface area contributed by atoms with Crippen molar-refractivity contribution in [2.45, 2.75) is 51.6 Å². The number of aromatic nitrogens is 3. The molecule has 0 bridgehead atoms. The lowest BCUT2D eigenvalue weighted by molar-refractivity contribution is 0.0937. The summed E-state index contributed by atoms with van der Waals surface area (Å²) in [4.78, 5) is 25.1. The first kappa shape index (κ1) is 20.3. The van der Waals surface area contributed by atoms with Gasteiger partial charge in [-0.2, -0.15) is 4.98 Å². The average molecular weight is 438 g/mol. The van der Waals surface area contributed by atoms with Gasteiger partial charge in [0.05, 0.1) is 16.1 Å². The van der Waals surface area contributed by atoms with E-state index in [1.165, 1.54) is 16.9 Å². The summed E-state index contributed by atoms with van der Waals surface area (Å²) in [6.07, 6.45) is 1.72. The lowest BCUT2D eigenvalue weighted by Crippen LogP contribution is -2.38. The van der Waals surface area contributed by atoms with Crippen molar-refractivity contribution in [3.8, 4) is 0 Å². The van der Waals surface area contributed by atoms with Crippen LogP contribution in [-0.4, -0.2) is 45.1 Å². The van der Waals surface area contributed by atoms with Gasteiger partial charge >= 0.3 is 0 Å². The summed E-state index contributed by atoms with van der Waals surface area (Å²) in [5.41, 5.74) is 1.89. The van der Waals surface area contributed by atoms with Gasteiger partial charge in [0.15, 0.2) is 5.82 Å². The van der Waals surface area contributed by atoms with Crippen molar-refractivity contribution in [3.05, 3.63) is 63.2 Å². The number of hydrogen-bond acceptors (Lipinski definition) is 7. The van der Waals surface area contributed by atoms with Crippen molar-refractivity contribution in [2.24, 2.45) is 5.92 Å². The van der Waals surface area contributed by atoms with E-state index >= 15 is 0 Å². The number of amides is 1. The second kappa shape index (κ2) is 7.84. The van der Waals surface area contributed by atoms with Crippen LogP contribution in [0.25, 0.3) is 0 Å². The van der Waals surface area contributed by atoms with Crippen LogP contribution < -0.4 is 5.32 Å². The molecule has 2 aliphatic rings. The number of fused-ring (bicyclic) bond motifs is 1. The fourth-order valence-electron chi connectivity index (χ4n) is 5.37. The Morgan fingerprint density at radius 2 is 2.06 bits per heavy atom. The molecule has 3 heterocycles. The summed E-state index contributed by atoms with van der Waals surface area (Å²) < 4.78 is 5.70. The number of nitrogens with one attached hydrogen (secondary N) is 1. The van der Waals surface area contributed by atoms with Crippen molar-refractivity contribution < 1.29 is 9.32 Å². The second-order valence-electron chi connectivity index (χ2n) is 8.91. The van der Waals surface area contributed by atoms with E-state index < -0.39 is 0 Å². The number of thiazole rings is 1. The van der Waals surface area contributed by atoms with E-state index in [1.54, 1.807) is 0 Å². The molecule has 1 aliphatic heterocycles. The van der Waals surface area contributed by atoms with E-state index in [4.69, 9.17) is 4.52 Å². The number of benzene rings is 1. The van der Waals surface area contributed by atoms with Gasteiger partial charge in [-0.1, -0.05) is 35.5 Å². The van der Waals surface area contributed by atoms with Crippen molar-refractivity contribution >= 4 is 17.2 Å². The third-order valence-corrected chi connectivity index (χ3v) is 7.66. The zero-order valence-corrected chi connectivity index (χ0v) is 18.9. The molecule has 7 nitrogen and oxygen atoms in total. The first-order chi connectivity index (χ1) is 14.9. The molecule has 1 saturated carbocycles. The van der Waals surface area contributed by atoms with Gasteiger partial charge in [0.2, 0.25) is 5.89 Å². The van der Waals surface area contributed by atoms with Crippen molar-refractivity contribution in [1.82, 2.24) is 25.3 Å². The normalized spacial score (nSPS) is 25.6. The van der Waals surface area contributed by atoms with E-state index in [0.29, 0.717) is 22.5 Å². The third kappa shape index (κ3) is 3.78. The highest BCUT2D eigenvalue weighted by Crippen LogP contribution is 2.50. The Balaban J connectivity index is 1.36. The molecule has 3 atom stereocenters. The molecule has 0 spiro atoms. The molecular weight excluding hydrogens is 410 g/mol. The standard InChI is InChI=1S/C23H27N5O2S/c1-14-20(31-16(3)24-14)21(29)26-19-9-18-12-28(11-17-7-5-4-6-8-17)13-23(18,10-19)22-25-15(2)27-30-22/h4-8,18-19H,9-13H2,1-3H3,(H,26,29)/t18-,19+,23-/m0/s1. The molecule has 0 unspecified atom stereocenters. The van der Waals surface area contributed by atoms with Gasteiger partial charge in [-0.15, -0.1) is 11.3 Å². The Kier molecular flexibility index (Phi) is 5.14. The molecule has 1 N–H and O–H groups in total. The minimum Gasteiger partial charge on any atom is -0.349 e. The van der Waals surface area contributed by atoms with E-state index in [1.807, 2.05) is 26.8 Å². The minimum absolute atomic E-state index is 0.0222. The summed E-state index contributed by atoms with van der Waals surface area (Å²) in [6, 6.07) is 10.6. The molecule has 31 heavy (non-hydrogen) atoms. The van der Waals surface area contributed by atoms with Gasteiger partial charge in [-0.25, -0.2) is 4.98 Å². The molecular formula is C23H27N5O2S. The largest absolute Gasteiger partial charge is 0.349 e. The smallest absolute Gasteiger partial charge is 0.263 e. The number of likely N-dealkylation sites (tertiary alicyclic amines) is 1. The van der Waals surface area contributed by atoms with Gasteiger partial charge in [0.25, 0.3) is 5.91 Å². The molecule has 1 aromatic carbocycles. The Labute approximate surface area is 185 Å². The number of nitrogens with zero attached hydrogens (tertiary/aromatic N) is 4. The minimum atomic E-state index is -0.216. The Morgan fingerprint density at radius 3 is 2.74 bits per heavy atom. The lowest BCUT2D eigenvalue weighted by Gasteiger charge is -2.25. The van der Waals surface area contributed by atoms with Crippen LogP contribution in [0.3, 0.4) is 0 Å². The van der Waals surface area contributed by atoms with Crippen molar-refractivity contribution in [1.29, 1.82) is 0 Å². The zero-order chi connectivity index (χ0) is 21.6. The van der Waals surface area contributed by atoms with Crippen LogP contribution in [0.4, 0.5) is 0 Å². The van der Waals surface area contributed by atoms with Crippen molar-refractivity contribution in [3.63, 3.8) is 0 Å². The molecule has 1 aliphatic carbocycles. The summed E-state index contributed by atoms with van der Waals surface area (Å²) in [5, 5.41) is 8.26. The molecule has 162 valence electrons. The molecule has 1 saturated heterocycles. The van der Waals surface area contributed by atoms with Crippen LogP contribution >= 0.6 is 11.3 Å². The van der Waals surface area contributed by atoms with E-state index in [0.717, 1.165) is 43.2 Å². The predicted molar refractivity (Wildman–Crippen MR) is 118 cm³/mol. The summed E-state index contributed by atoms with van der Waals surface area (Å²) in [6.45, 7) is 8.41. The van der Waals surface area contributed by atoms with E-state index in [9.17, 15) is 4.79 Å². The predicted octanol–water partition coefficient (Wildman–Crippen LogP) is 3.41. The lowest BCUT2D eigenvalue weighted by atomic mass is 9.80. The monoisotopic (exact) mass is 437 g/mol. The molecule has 2 fully saturated rings. The number of carbonyl (C=O) groups is 1. The highest BCUT2D eigenvalue weighted by Gasteiger charge is 2.57. The summed E-state index contributed by atoms with van der Waals surface area (Å²) in [7, 11) is 0. The maximum Gasteiger partial charge on any atom is 0.263 e. The zero-order valence-electron chi connectivity index (χ0n) is 18.1. The molecule has 1 amide bonds. The van der Waals surface area contributed by atoms with Crippen molar-refractivity contribution in [2.75, 3.05) is 13.1 Å². The van der Waals surface area contributed by atoms with Gasteiger partial charge in [0.1, 0.15) is 4.88 Å². The number of hydrogen-bond donors (Lipinski definition) is 1. The fraction of sp³-hybridized carbons (Fsp3) is 0.478. The first-order valence-electron chi connectivity index (χ1n) is 10.7. The SMILES string of the molecule is Cc1noc([C@]23C[C@H](NC(=O)c4sc(C)nc4C)C[C@H]2CN(Cc2ccccc2)C3)n1. The van der Waals surface area contributed by atoms with Gasteiger partial charge in [0, 0.05) is 25.7 Å². The van der Waals surface area contributed by atoms with Gasteiger partial charge in [-0.05, 0) is 45.1 Å². The maximum atomic E-state index is 12.9. The van der Waals surface area contributed by atoms with Crippen LogP contribution in [0.15, 0.2) is 34.9 Å². The number of carbonyl (C=O) groups excluding carboxylic acids is 1. The Bertz CT molecular complexity index is 1090. The van der Waals surface area contributed by atoms with Crippen LogP contribution in [-0.2, 0) is 12.0 Å². The molecule has 2 aromatic heterocycles. The van der Waals surface area contributed by atoms with Crippen LogP contribution in [0.5, 0.6) is 0 Å². The molecule has 3 aromatic rings. The second-order valence-corrected chi connectivity index (χ2v) is 10.1. The number of aryl methyl sites for hydroxylation is 3. The molecule has 5 rings (SSSR count). The highest BCUT2D eigenvalue weighted by molar-refractivity contribution is 7.13. The maximum absolute atomic E-state index is 12.9. The Morgan fingerprint density at radius 1 is 1.26 bits per heavy atom. The quantitative estimate of drug-likeness (QED) is 0.659. The van der Waals surface area contributed by atoms with Crippen LogP contribution in [0.1, 0.15) is 50.5 Å². The third-order valence-electron chi connectivity index (χ3n) is 6.59. The highest BCUT2D eigenvalue weighted by atomic mass is 32.1. The topological polar surface area (TPSA) is 84.2 Å². The summed E-state index contributed by atoms with van der Waals surface area (Å²) >= 11 is 1.46. The number of rotatable bonds is 5. The van der Waals surface area contributed by atoms with E-state index in [2.05, 4.69) is 49.6 Å². The fourth-order valence-corrected chi connectivity index (χ4v) is 6.19. The first-order valence-corrected chi connectivity index (χ1v) is 11.6. The summed E-state index contributed by atoms with van der Waals surface area (Å²) in [5.74, 6) is 1.72. The van der Waals surface area contributed by atoms with Crippen LogP contribution in [0, 0.1) is 26.7 Å².